The van der Waals surface area contributed by atoms with Crippen LogP contribution in [-0.2, 0) is 9.53 Å². The monoisotopic (exact) mass is 183 g/mol. The van der Waals surface area contributed by atoms with E-state index in [1.165, 1.54) is 19.5 Å². The second-order valence-corrected chi connectivity index (χ2v) is 2.20. The van der Waals surface area contributed by atoms with E-state index in [0.29, 0.717) is 0 Å². The van der Waals surface area contributed by atoms with Crippen LogP contribution in [0.2, 0.25) is 0 Å². The first-order chi connectivity index (χ1) is 6.24. The van der Waals surface area contributed by atoms with Crippen molar-refractivity contribution in [3.63, 3.8) is 0 Å². The van der Waals surface area contributed by atoms with Gasteiger partial charge >= 0.3 is 5.97 Å². The highest BCUT2D eigenvalue weighted by atomic mass is 16.5. The van der Waals surface area contributed by atoms with Gasteiger partial charge in [0, 0.05) is 12.4 Å². The summed E-state index contributed by atoms with van der Waals surface area (Å²) >= 11 is 0. The van der Waals surface area contributed by atoms with E-state index >= 15 is 0 Å². The molecule has 1 heterocycles. The van der Waals surface area contributed by atoms with Gasteiger partial charge in [-0.05, 0) is 0 Å². The number of hydrogen-bond acceptors (Lipinski definition) is 5. The number of carbonyl (C=O) groups is 1. The Kier molecular flexibility index (Phi) is 3.02. The molecule has 2 N–H and O–H groups in total. The molecular formula is C7H9N3O3. The molecule has 0 aromatic carbocycles. The van der Waals surface area contributed by atoms with E-state index in [1.54, 1.807) is 0 Å². The lowest BCUT2D eigenvalue weighted by molar-refractivity contribution is -0.138. The minimum atomic E-state index is -0.454. The number of ether oxygens (including phenoxy) is 1. The van der Waals surface area contributed by atoms with Gasteiger partial charge in [0.25, 0.3) is 5.56 Å². The van der Waals surface area contributed by atoms with Crippen molar-refractivity contribution in [1.82, 2.24) is 9.97 Å². The van der Waals surface area contributed by atoms with Crippen LogP contribution in [0.1, 0.15) is 0 Å². The maximum atomic E-state index is 11.0. The van der Waals surface area contributed by atoms with Gasteiger partial charge in [-0.25, -0.2) is 4.98 Å². The van der Waals surface area contributed by atoms with Gasteiger partial charge in [0.2, 0.25) is 0 Å². The van der Waals surface area contributed by atoms with E-state index in [9.17, 15) is 9.59 Å². The molecule has 0 aliphatic heterocycles. The van der Waals surface area contributed by atoms with Crippen LogP contribution < -0.4 is 10.9 Å². The number of anilines is 1. The number of hydrogen-bond donors (Lipinski definition) is 2. The number of nitrogens with zero attached hydrogens (tertiary/aromatic N) is 1. The average Bonchev–Trinajstić information content (AvgIpc) is 2.16. The van der Waals surface area contributed by atoms with Crippen molar-refractivity contribution >= 4 is 11.8 Å². The SMILES string of the molecule is COC(=O)CNc1ncc[nH]c1=O. The smallest absolute Gasteiger partial charge is 0.325 e. The van der Waals surface area contributed by atoms with Crippen LogP contribution in [0.25, 0.3) is 0 Å². The van der Waals surface area contributed by atoms with Gasteiger partial charge in [0.05, 0.1) is 7.11 Å². The molecule has 0 saturated carbocycles. The summed E-state index contributed by atoms with van der Waals surface area (Å²) < 4.78 is 4.37. The molecule has 0 radical (unpaired) electrons. The summed E-state index contributed by atoms with van der Waals surface area (Å²) in [5.41, 5.74) is -0.369. The lowest BCUT2D eigenvalue weighted by Gasteiger charge is -2.01. The van der Waals surface area contributed by atoms with Gasteiger partial charge in [0.1, 0.15) is 6.54 Å². The van der Waals surface area contributed by atoms with Crippen molar-refractivity contribution in [3.8, 4) is 0 Å². The van der Waals surface area contributed by atoms with E-state index in [2.05, 4.69) is 20.0 Å². The molecule has 0 saturated heterocycles. The van der Waals surface area contributed by atoms with Crippen LogP contribution in [0.15, 0.2) is 17.2 Å². The Morgan fingerprint density at radius 3 is 3.15 bits per heavy atom. The van der Waals surface area contributed by atoms with Crippen LogP contribution >= 0.6 is 0 Å². The largest absolute Gasteiger partial charge is 0.468 e. The summed E-state index contributed by atoms with van der Waals surface area (Å²) in [6.45, 7) is -0.0728. The van der Waals surface area contributed by atoms with Crippen molar-refractivity contribution in [1.29, 1.82) is 0 Å². The highest BCUT2D eigenvalue weighted by Gasteiger charge is 2.02. The maximum Gasteiger partial charge on any atom is 0.325 e. The Bertz CT molecular complexity index is 347. The van der Waals surface area contributed by atoms with Crippen LogP contribution in [0.5, 0.6) is 0 Å². The Labute approximate surface area is 74.0 Å². The molecule has 1 aromatic rings. The third-order valence-corrected chi connectivity index (χ3v) is 1.34. The molecule has 6 heteroatoms. The number of aromatic nitrogens is 2. The number of rotatable bonds is 3. The summed E-state index contributed by atoms with van der Waals surface area (Å²) in [6, 6.07) is 0. The fraction of sp³-hybridized carbons (Fsp3) is 0.286. The predicted molar refractivity (Wildman–Crippen MR) is 45.4 cm³/mol. The minimum Gasteiger partial charge on any atom is -0.468 e. The van der Waals surface area contributed by atoms with Gasteiger partial charge in [-0.3, -0.25) is 9.59 Å². The third kappa shape index (κ3) is 2.58. The van der Waals surface area contributed by atoms with Crippen molar-refractivity contribution < 1.29 is 9.53 Å². The topological polar surface area (TPSA) is 84.1 Å². The third-order valence-electron chi connectivity index (χ3n) is 1.34. The second-order valence-electron chi connectivity index (χ2n) is 2.20. The molecule has 13 heavy (non-hydrogen) atoms. The highest BCUT2D eigenvalue weighted by molar-refractivity contribution is 5.74. The lowest BCUT2D eigenvalue weighted by atomic mass is 10.6. The molecule has 70 valence electrons. The molecule has 0 aliphatic rings. The summed E-state index contributed by atoms with van der Waals surface area (Å²) in [4.78, 5) is 27.8. The summed E-state index contributed by atoms with van der Waals surface area (Å²) in [6.07, 6.45) is 2.83. The van der Waals surface area contributed by atoms with E-state index in [-0.39, 0.29) is 17.9 Å². The number of methoxy groups -OCH3 is 1. The molecule has 1 aromatic heterocycles. The van der Waals surface area contributed by atoms with Crippen molar-refractivity contribution in [3.05, 3.63) is 22.7 Å². The van der Waals surface area contributed by atoms with Gasteiger partial charge in [0.15, 0.2) is 5.82 Å². The Hall–Kier alpha value is -1.85. The molecule has 0 fully saturated rings. The van der Waals surface area contributed by atoms with E-state index in [0.717, 1.165) is 0 Å². The molecular weight excluding hydrogens is 174 g/mol. The van der Waals surface area contributed by atoms with Gasteiger partial charge in [-0.1, -0.05) is 0 Å². The summed E-state index contributed by atoms with van der Waals surface area (Å²) in [5, 5.41) is 2.53. The van der Waals surface area contributed by atoms with Crippen LogP contribution in [0.3, 0.4) is 0 Å². The summed E-state index contributed by atoms with van der Waals surface area (Å²) in [5.74, 6) is -0.349. The van der Waals surface area contributed by atoms with Crippen LogP contribution in [-0.4, -0.2) is 29.6 Å². The Balaban J connectivity index is 2.60. The fourth-order valence-corrected chi connectivity index (χ4v) is 0.706. The maximum absolute atomic E-state index is 11.0. The van der Waals surface area contributed by atoms with Gasteiger partial charge < -0.3 is 15.0 Å². The molecule has 0 unspecified atom stereocenters. The normalized spacial score (nSPS) is 9.31. The molecule has 6 nitrogen and oxygen atoms in total. The first kappa shape index (κ1) is 9.24. The number of carbonyl (C=O) groups excluding carboxylic acids is 1. The van der Waals surface area contributed by atoms with Crippen molar-refractivity contribution in [2.75, 3.05) is 19.0 Å². The quantitative estimate of drug-likeness (QED) is 0.608. The Morgan fingerprint density at radius 2 is 2.54 bits per heavy atom. The van der Waals surface area contributed by atoms with E-state index in [4.69, 9.17) is 0 Å². The molecule has 0 bridgehead atoms. The minimum absolute atomic E-state index is 0.0728. The zero-order valence-corrected chi connectivity index (χ0v) is 7.03. The average molecular weight is 183 g/mol. The zero-order chi connectivity index (χ0) is 9.68. The first-order valence-electron chi connectivity index (χ1n) is 3.58. The van der Waals surface area contributed by atoms with E-state index < -0.39 is 5.97 Å². The lowest BCUT2D eigenvalue weighted by Crippen LogP contribution is -2.21. The van der Waals surface area contributed by atoms with Gasteiger partial charge in [-0.15, -0.1) is 0 Å². The number of nitrogens with one attached hydrogen (secondary N) is 2. The van der Waals surface area contributed by atoms with E-state index in [1.807, 2.05) is 0 Å². The highest BCUT2D eigenvalue weighted by Crippen LogP contribution is 1.88. The van der Waals surface area contributed by atoms with Crippen LogP contribution in [0.4, 0.5) is 5.82 Å². The predicted octanol–water partition coefficient (Wildman–Crippen LogP) is -0.645. The molecule has 0 spiro atoms. The van der Waals surface area contributed by atoms with Crippen LogP contribution in [0, 0.1) is 0 Å². The first-order valence-corrected chi connectivity index (χ1v) is 3.58. The van der Waals surface area contributed by atoms with Gasteiger partial charge in [-0.2, -0.15) is 0 Å². The molecule has 1 rings (SSSR count). The number of aromatic amines is 1. The molecule has 0 amide bonds. The second kappa shape index (κ2) is 4.24. The molecule has 0 aliphatic carbocycles. The fourth-order valence-electron chi connectivity index (χ4n) is 0.706. The van der Waals surface area contributed by atoms with Crippen molar-refractivity contribution in [2.45, 2.75) is 0 Å². The zero-order valence-electron chi connectivity index (χ0n) is 7.03. The number of esters is 1. The summed E-state index contributed by atoms with van der Waals surface area (Å²) in [7, 11) is 1.27. The Morgan fingerprint density at radius 1 is 1.77 bits per heavy atom. The van der Waals surface area contributed by atoms with Crippen molar-refractivity contribution in [2.24, 2.45) is 0 Å². The molecule has 0 atom stereocenters. The number of H-pyrrole nitrogens is 1. The standard InChI is InChI=1S/C7H9N3O3/c1-13-5(11)4-10-6-7(12)9-3-2-8-6/h2-3H,4H2,1H3,(H,8,10)(H,9,12).